The number of aryl methyl sites for hydroxylation is 1. The van der Waals surface area contributed by atoms with E-state index in [1.807, 2.05) is 66.7 Å². The molecule has 3 aromatic carbocycles. The van der Waals surface area contributed by atoms with E-state index in [0.717, 1.165) is 40.4 Å². The summed E-state index contributed by atoms with van der Waals surface area (Å²) in [5, 5.41) is 12.6. The Morgan fingerprint density at radius 1 is 0.862 bits per heavy atom. The minimum atomic E-state index is -1.11. The van der Waals surface area contributed by atoms with E-state index in [1.165, 1.54) is 5.56 Å². The molecule has 0 atom stereocenters. The summed E-state index contributed by atoms with van der Waals surface area (Å²) < 4.78 is 0. The van der Waals surface area contributed by atoms with Crippen LogP contribution in [0.25, 0.3) is 33.3 Å². The summed E-state index contributed by atoms with van der Waals surface area (Å²) in [4.78, 5) is 16.5. The number of hydrogen-bond acceptors (Lipinski definition) is 3. The van der Waals surface area contributed by atoms with Crippen molar-refractivity contribution in [2.45, 2.75) is 26.2 Å². The van der Waals surface area contributed by atoms with E-state index in [-0.39, 0.29) is 6.42 Å². The van der Waals surface area contributed by atoms with Gasteiger partial charge >= 0.3 is 0 Å². The first-order valence-electron chi connectivity index (χ1n) is 9.93. The highest BCUT2D eigenvalue weighted by atomic mass is 16.4. The SMILES string of the molecule is CCCc1ccc(-c2nc3ccccc3c(-c3ccccc3)c2CC(=O)[O-])cc1. The quantitative estimate of drug-likeness (QED) is 0.482. The second-order valence-electron chi connectivity index (χ2n) is 7.19. The van der Waals surface area contributed by atoms with Crippen LogP contribution in [0.2, 0.25) is 0 Å². The van der Waals surface area contributed by atoms with Crippen molar-refractivity contribution in [2.24, 2.45) is 0 Å². The minimum Gasteiger partial charge on any atom is -0.550 e. The number of para-hydroxylation sites is 1. The van der Waals surface area contributed by atoms with Gasteiger partial charge in [0.1, 0.15) is 0 Å². The number of nitrogens with zero attached hydrogens (tertiary/aromatic N) is 1. The number of pyridine rings is 1. The molecular formula is C26H22NO2-. The summed E-state index contributed by atoms with van der Waals surface area (Å²) in [5.41, 5.74) is 6.32. The summed E-state index contributed by atoms with van der Waals surface area (Å²) >= 11 is 0. The number of carbonyl (C=O) groups excluding carboxylic acids is 1. The van der Waals surface area contributed by atoms with E-state index in [4.69, 9.17) is 4.98 Å². The molecule has 0 aliphatic heterocycles. The van der Waals surface area contributed by atoms with Gasteiger partial charge < -0.3 is 9.90 Å². The highest BCUT2D eigenvalue weighted by Crippen LogP contribution is 2.37. The molecular weight excluding hydrogens is 358 g/mol. The zero-order valence-corrected chi connectivity index (χ0v) is 16.4. The number of aromatic nitrogens is 1. The largest absolute Gasteiger partial charge is 0.550 e. The number of rotatable bonds is 6. The van der Waals surface area contributed by atoms with Gasteiger partial charge in [-0.3, -0.25) is 0 Å². The Hall–Kier alpha value is -3.46. The van der Waals surface area contributed by atoms with E-state index >= 15 is 0 Å². The number of carboxylic acid groups (broad SMARTS) is 1. The fraction of sp³-hybridized carbons (Fsp3) is 0.154. The fourth-order valence-electron chi connectivity index (χ4n) is 3.86. The van der Waals surface area contributed by atoms with Gasteiger partial charge in [0.15, 0.2) is 0 Å². The zero-order valence-electron chi connectivity index (χ0n) is 16.4. The minimum absolute atomic E-state index is 0.186. The molecule has 0 radical (unpaired) electrons. The van der Waals surface area contributed by atoms with E-state index in [2.05, 4.69) is 19.1 Å². The fourth-order valence-corrected chi connectivity index (χ4v) is 3.86. The smallest absolute Gasteiger partial charge is 0.0751 e. The van der Waals surface area contributed by atoms with Crippen LogP contribution in [0, 0.1) is 0 Å². The third-order valence-corrected chi connectivity index (χ3v) is 5.14. The second-order valence-corrected chi connectivity index (χ2v) is 7.19. The highest BCUT2D eigenvalue weighted by molar-refractivity contribution is 6.00. The Morgan fingerprint density at radius 3 is 2.24 bits per heavy atom. The highest BCUT2D eigenvalue weighted by Gasteiger charge is 2.18. The molecule has 1 heterocycles. The first kappa shape index (κ1) is 18.9. The van der Waals surface area contributed by atoms with Crippen LogP contribution < -0.4 is 5.11 Å². The van der Waals surface area contributed by atoms with Crippen LogP contribution in [-0.2, 0) is 17.6 Å². The number of fused-ring (bicyclic) bond motifs is 1. The molecule has 0 aliphatic rings. The van der Waals surface area contributed by atoms with Crippen LogP contribution in [0.5, 0.6) is 0 Å². The summed E-state index contributed by atoms with van der Waals surface area (Å²) in [5.74, 6) is -1.11. The molecule has 3 heteroatoms. The third kappa shape index (κ3) is 3.90. The first-order valence-corrected chi connectivity index (χ1v) is 9.93. The average Bonchev–Trinajstić information content (AvgIpc) is 2.74. The molecule has 0 saturated heterocycles. The second kappa shape index (κ2) is 8.27. The summed E-state index contributed by atoms with van der Waals surface area (Å²) in [7, 11) is 0. The van der Waals surface area contributed by atoms with Crippen molar-refractivity contribution in [3.63, 3.8) is 0 Å². The molecule has 0 amide bonds. The summed E-state index contributed by atoms with van der Waals surface area (Å²) in [6.45, 7) is 2.16. The Bertz CT molecular complexity index is 1150. The molecule has 3 nitrogen and oxygen atoms in total. The Morgan fingerprint density at radius 2 is 1.55 bits per heavy atom. The average molecular weight is 380 g/mol. The maximum absolute atomic E-state index is 11.7. The van der Waals surface area contributed by atoms with Crippen LogP contribution in [-0.4, -0.2) is 11.0 Å². The van der Waals surface area contributed by atoms with Gasteiger partial charge in [-0.1, -0.05) is 86.1 Å². The lowest BCUT2D eigenvalue weighted by Crippen LogP contribution is -2.25. The van der Waals surface area contributed by atoms with Crippen molar-refractivity contribution in [3.8, 4) is 22.4 Å². The molecule has 4 aromatic rings. The van der Waals surface area contributed by atoms with Gasteiger partial charge in [0.25, 0.3) is 0 Å². The molecule has 0 spiro atoms. The topological polar surface area (TPSA) is 53.0 Å². The summed E-state index contributed by atoms with van der Waals surface area (Å²) in [6.07, 6.45) is 1.92. The van der Waals surface area contributed by atoms with Gasteiger partial charge in [-0.25, -0.2) is 4.98 Å². The van der Waals surface area contributed by atoms with E-state index in [9.17, 15) is 9.90 Å². The Balaban J connectivity index is 2.02. The van der Waals surface area contributed by atoms with Crippen molar-refractivity contribution in [2.75, 3.05) is 0 Å². The normalized spacial score (nSPS) is 10.9. The van der Waals surface area contributed by atoms with E-state index in [1.54, 1.807) is 0 Å². The predicted octanol–water partition coefficient (Wildman–Crippen LogP) is 4.81. The van der Waals surface area contributed by atoms with Gasteiger partial charge in [-0.15, -0.1) is 0 Å². The molecule has 0 unspecified atom stereocenters. The van der Waals surface area contributed by atoms with Crippen LogP contribution in [0.1, 0.15) is 24.5 Å². The van der Waals surface area contributed by atoms with Crippen molar-refractivity contribution in [1.29, 1.82) is 0 Å². The molecule has 0 bridgehead atoms. The van der Waals surface area contributed by atoms with Crippen molar-refractivity contribution in [1.82, 2.24) is 4.98 Å². The molecule has 0 saturated carbocycles. The number of aliphatic carboxylic acids is 1. The van der Waals surface area contributed by atoms with Crippen molar-refractivity contribution >= 4 is 16.9 Å². The Kier molecular flexibility index (Phi) is 5.39. The molecule has 144 valence electrons. The maximum atomic E-state index is 11.7. The van der Waals surface area contributed by atoms with Gasteiger partial charge in [-0.2, -0.15) is 0 Å². The molecule has 0 N–H and O–H groups in total. The van der Waals surface area contributed by atoms with Crippen LogP contribution in [0.4, 0.5) is 0 Å². The Labute approximate surface area is 170 Å². The summed E-state index contributed by atoms with van der Waals surface area (Å²) in [6, 6.07) is 26.1. The molecule has 1 aromatic heterocycles. The lowest BCUT2D eigenvalue weighted by Gasteiger charge is -2.18. The van der Waals surface area contributed by atoms with Crippen molar-refractivity contribution in [3.05, 3.63) is 90.0 Å². The maximum Gasteiger partial charge on any atom is 0.0751 e. The van der Waals surface area contributed by atoms with E-state index in [0.29, 0.717) is 11.3 Å². The number of hydrogen-bond donors (Lipinski definition) is 0. The number of carbonyl (C=O) groups is 1. The van der Waals surface area contributed by atoms with Crippen LogP contribution in [0.15, 0.2) is 78.9 Å². The molecule has 0 aliphatic carbocycles. The third-order valence-electron chi connectivity index (χ3n) is 5.14. The lowest BCUT2D eigenvalue weighted by atomic mass is 9.90. The number of carboxylic acids is 1. The lowest BCUT2D eigenvalue weighted by molar-refractivity contribution is -0.304. The van der Waals surface area contributed by atoms with Crippen molar-refractivity contribution < 1.29 is 9.90 Å². The van der Waals surface area contributed by atoms with E-state index < -0.39 is 5.97 Å². The van der Waals surface area contributed by atoms with Gasteiger partial charge in [0.05, 0.1) is 11.2 Å². The molecule has 0 fully saturated rings. The predicted molar refractivity (Wildman–Crippen MR) is 115 cm³/mol. The number of benzene rings is 3. The molecule has 4 rings (SSSR count). The first-order chi connectivity index (χ1) is 14.2. The zero-order chi connectivity index (χ0) is 20.2. The standard InChI is InChI=1S/C26H23NO2/c1-2-8-18-13-15-20(16-14-18)26-22(17-24(28)29)25(19-9-4-3-5-10-19)21-11-6-7-12-23(21)27-26/h3-7,9-16H,2,8,17H2,1H3,(H,28,29)/p-1. The van der Waals surface area contributed by atoms with Crippen LogP contribution in [0.3, 0.4) is 0 Å². The molecule has 29 heavy (non-hydrogen) atoms. The van der Waals surface area contributed by atoms with Gasteiger partial charge in [0.2, 0.25) is 0 Å². The van der Waals surface area contributed by atoms with Crippen LogP contribution >= 0.6 is 0 Å². The monoisotopic (exact) mass is 380 g/mol. The van der Waals surface area contributed by atoms with Gasteiger partial charge in [-0.05, 0) is 34.7 Å². The van der Waals surface area contributed by atoms with Gasteiger partial charge in [0, 0.05) is 23.3 Å².